The minimum Gasteiger partial charge on any atom is -0.349 e. The Morgan fingerprint density at radius 1 is 1.40 bits per heavy atom. The maximum atomic E-state index is 13.0. The largest absolute Gasteiger partial charge is 0.416 e. The summed E-state index contributed by atoms with van der Waals surface area (Å²) in [6.45, 7) is 5.21. The van der Waals surface area contributed by atoms with Gasteiger partial charge in [0.15, 0.2) is 5.82 Å². The van der Waals surface area contributed by atoms with Gasteiger partial charge in [0.1, 0.15) is 11.5 Å². The smallest absolute Gasteiger partial charge is 0.349 e. The predicted molar refractivity (Wildman–Crippen MR) is 105 cm³/mol. The van der Waals surface area contributed by atoms with Crippen molar-refractivity contribution in [2.45, 2.75) is 38.4 Å². The molecule has 0 atom stereocenters. The van der Waals surface area contributed by atoms with Gasteiger partial charge in [-0.3, -0.25) is 14.8 Å². The maximum Gasteiger partial charge on any atom is 0.416 e. The number of carbonyl (C=O) groups excluding carboxylic acids is 1. The topological polar surface area (TPSA) is 85.1 Å². The van der Waals surface area contributed by atoms with Crippen molar-refractivity contribution in [3.05, 3.63) is 53.1 Å². The molecule has 0 aliphatic heterocycles. The van der Waals surface area contributed by atoms with Gasteiger partial charge in [0.25, 0.3) is 5.91 Å². The molecule has 1 saturated carbocycles. The molecule has 158 valence electrons. The molecule has 0 bridgehead atoms. The molecule has 3 rings (SSSR count). The van der Waals surface area contributed by atoms with Gasteiger partial charge in [-0.1, -0.05) is 5.57 Å². The van der Waals surface area contributed by atoms with Gasteiger partial charge >= 0.3 is 6.18 Å². The van der Waals surface area contributed by atoms with E-state index in [1.54, 1.807) is 17.7 Å². The van der Waals surface area contributed by atoms with Crippen molar-refractivity contribution in [2.75, 3.05) is 0 Å². The lowest BCUT2D eigenvalue weighted by atomic mass is 10.1. The number of halogens is 3. The van der Waals surface area contributed by atoms with Gasteiger partial charge in [-0.15, -0.1) is 10.2 Å². The number of pyridine rings is 1. The van der Waals surface area contributed by atoms with Crippen LogP contribution >= 0.6 is 0 Å². The summed E-state index contributed by atoms with van der Waals surface area (Å²) >= 11 is 0. The number of rotatable bonds is 7. The number of alkyl halides is 3. The predicted octanol–water partition coefficient (Wildman–Crippen LogP) is 3.25. The summed E-state index contributed by atoms with van der Waals surface area (Å²) in [6, 6.07) is 2.05. The van der Waals surface area contributed by atoms with E-state index in [9.17, 15) is 18.0 Å². The van der Waals surface area contributed by atoms with E-state index < -0.39 is 11.7 Å². The lowest BCUT2D eigenvalue weighted by Crippen LogP contribution is -2.26. The van der Waals surface area contributed by atoms with Gasteiger partial charge in [-0.25, -0.2) is 0 Å². The minimum absolute atomic E-state index is 0.0768. The van der Waals surface area contributed by atoms with Crippen LogP contribution in [0, 0.1) is 0 Å². The lowest BCUT2D eigenvalue weighted by molar-refractivity contribution is -0.137. The maximum absolute atomic E-state index is 13.0. The molecule has 2 aromatic heterocycles. The molecule has 2 heterocycles. The van der Waals surface area contributed by atoms with E-state index in [1.807, 2.05) is 6.92 Å². The molecule has 1 amide bonds. The monoisotopic (exact) mass is 418 g/mol. The highest BCUT2D eigenvalue weighted by Crippen LogP contribution is 2.31. The Morgan fingerprint density at radius 2 is 2.13 bits per heavy atom. The first-order valence-corrected chi connectivity index (χ1v) is 9.25. The van der Waals surface area contributed by atoms with Crippen LogP contribution in [0.3, 0.4) is 0 Å². The Labute approximate surface area is 171 Å². The Bertz CT molecular complexity index is 1020. The number of amides is 1. The van der Waals surface area contributed by atoms with Gasteiger partial charge < -0.3 is 9.88 Å². The highest BCUT2D eigenvalue weighted by atomic mass is 19.4. The van der Waals surface area contributed by atoms with Crippen molar-refractivity contribution in [1.82, 2.24) is 25.1 Å². The zero-order chi connectivity index (χ0) is 21.9. The second kappa shape index (κ2) is 8.60. The Hall–Kier alpha value is -3.30. The minimum atomic E-state index is -4.47. The number of aliphatic imine (C=N–C) groups is 1. The molecule has 0 radical (unpaired) electrons. The highest BCUT2D eigenvalue weighted by Gasteiger charge is 2.31. The summed E-state index contributed by atoms with van der Waals surface area (Å²) in [5, 5.41) is 11.0. The summed E-state index contributed by atoms with van der Waals surface area (Å²) < 4.78 is 40.5. The van der Waals surface area contributed by atoms with Crippen molar-refractivity contribution in [3.63, 3.8) is 0 Å². The van der Waals surface area contributed by atoms with E-state index in [0.29, 0.717) is 17.8 Å². The van der Waals surface area contributed by atoms with Crippen molar-refractivity contribution < 1.29 is 18.0 Å². The van der Waals surface area contributed by atoms with E-state index in [4.69, 9.17) is 0 Å². The molecule has 10 heteroatoms. The summed E-state index contributed by atoms with van der Waals surface area (Å²) in [5.74, 6) is 0.515. The standard InChI is InChI=1S/C20H21F3N6O/c1-12(8-13(11-24-2)19(30)26-15-4-5-15)9-17-27-28-18(29(17)3)16-10-14(6-7-25-16)20(21,22)23/h6-8,10-11,15H,2,4-5,9H2,1,3H3,(H,26,30)/b12-8-,13-11+. The van der Waals surface area contributed by atoms with Crippen molar-refractivity contribution in [3.8, 4) is 11.5 Å². The molecule has 1 aliphatic rings. The molecule has 7 nitrogen and oxygen atoms in total. The zero-order valence-corrected chi connectivity index (χ0v) is 16.6. The van der Waals surface area contributed by atoms with E-state index in [2.05, 4.69) is 32.2 Å². The van der Waals surface area contributed by atoms with Crippen molar-refractivity contribution in [1.29, 1.82) is 0 Å². The Morgan fingerprint density at radius 3 is 2.77 bits per heavy atom. The van der Waals surface area contributed by atoms with Crippen LogP contribution < -0.4 is 5.32 Å². The van der Waals surface area contributed by atoms with E-state index in [-0.39, 0.29) is 23.5 Å². The van der Waals surface area contributed by atoms with Crippen LogP contribution in [0.15, 0.2) is 46.7 Å². The summed E-state index contributed by atoms with van der Waals surface area (Å²) in [6.07, 6.45) is 1.97. The van der Waals surface area contributed by atoms with Crippen LogP contribution in [0.1, 0.15) is 31.2 Å². The van der Waals surface area contributed by atoms with Gasteiger partial charge in [-0.2, -0.15) is 13.2 Å². The summed E-state index contributed by atoms with van der Waals surface area (Å²) in [7, 11) is 1.65. The molecular formula is C20H21F3N6O. The first-order valence-electron chi connectivity index (χ1n) is 9.25. The third kappa shape index (κ3) is 5.19. The average Bonchev–Trinajstić information content (AvgIpc) is 3.43. The molecule has 0 unspecified atom stereocenters. The fraction of sp³-hybridized carbons (Fsp3) is 0.350. The number of hydrogen-bond donors (Lipinski definition) is 1. The van der Waals surface area contributed by atoms with Crippen LogP contribution in [-0.4, -0.2) is 38.4 Å². The normalized spacial score (nSPS) is 15.2. The van der Waals surface area contributed by atoms with Crippen LogP contribution in [-0.2, 0) is 24.4 Å². The Balaban J connectivity index is 1.80. The van der Waals surface area contributed by atoms with Gasteiger partial charge in [0, 0.05) is 31.9 Å². The quantitative estimate of drug-likeness (QED) is 0.425. The molecular weight excluding hydrogens is 397 g/mol. The number of hydrogen-bond acceptors (Lipinski definition) is 5. The zero-order valence-electron chi connectivity index (χ0n) is 16.6. The van der Waals surface area contributed by atoms with Crippen LogP contribution in [0.4, 0.5) is 13.2 Å². The molecule has 1 fully saturated rings. The molecule has 0 aromatic carbocycles. The molecule has 1 N–H and O–H groups in total. The van der Waals surface area contributed by atoms with Crippen LogP contribution in [0.25, 0.3) is 11.5 Å². The Kier molecular flexibility index (Phi) is 6.14. The third-order valence-corrected chi connectivity index (χ3v) is 4.53. The molecule has 2 aromatic rings. The second-order valence-corrected chi connectivity index (χ2v) is 7.11. The molecule has 30 heavy (non-hydrogen) atoms. The number of carbonyl (C=O) groups is 1. The lowest BCUT2D eigenvalue weighted by Gasteiger charge is -2.08. The molecule has 0 saturated heterocycles. The number of nitrogens with zero attached hydrogens (tertiary/aromatic N) is 5. The van der Waals surface area contributed by atoms with Crippen molar-refractivity contribution in [2.24, 2.45) is 12.0 Å². The van der Waals surface area contributed by atoms with Gasteiger partial charge in [0.2, 0.25) is 0 Å². The average molecular weight is 418 g/mol. The summed E-state index contributed by atoms with van der Waals surface area (Å²) in [4.78, 5) is 20.0. The fourth-order valence-electron chi connectivity index (χ4n) is 2.79. The number of nitrogens with one attached hydrogen (secondary N) is 1. The van der Waals surface area contributed by atoms with Crippen LogP contribution in [0.5, 0.6) is 0 Å². The van der Waals surface area contributed by atoms with E-state index >= 15 is 0 Å². The molecule has 0 spiro atoms. The third-order valence-electron chi connectivity index (χ3n) is 4.53. The number of allylic oxidation sites excluding steroid dienone is 1. The number of aromatic nitrogens is 4. The first-order chi connectivity index (χ1) is 14.2. The fourth-order valence-corrected chi connectivity index (χ4v) is 2.79. The second-order valence-electron chi connectivity index (χ2n) is 7.11. The summed E-state index contributed by atoms with van der Waals surface area (Å²) in [5.41, 5.74) is 0.445. The SMILES string of the molecule is C=N/C=C(\C=C(\C)Cc1nnc(-c2cc(C(F)(F)F)ccn2)n1C)C(=O)NC1CC1. The van der Waals surface area contributed by atoms with Gasteiger partial charge in [-0.05, 0) is 44.7 Å². The van der Waals surface area contributed by atoms with Crippen molar-refractivity contribution >= 4 is 12.6 Å². The van der Waals surface area contributed by atoms with Gasteiger partial charge in [0.05, 0.1) is 11.1 Å². The molecule has 1 aliphatic carbocycles. The first kappa shape index (κ1) is 21.4. The highest BCUT2D eigenvalue weighted by molar-refractivity contribution is 5.96. The van der Waals surface area contributed by atoms with E-state index in [0.717, 1.165) is 36.7 Å². The van der Waals surface area contributed by atoms with E-state index in [1.165, 1.54) is 6.20 Å². The van der Waals surface area contributed by atoms with Crippen LogP contribution in [0.2, 0.25) is 0 Å².